The normalized spacial score (nSPS) is 11.5. The Morgan fingerprint density at radius 3 is 2.52 bits per heavy atom. The third kappa shape index (κ3) is 4.48. The molecule has 3 nitrogen and oxygen atoms in total. The predicted molar refractivity (Wildman–Crippen MR) is 88.6 cm³/mol. The van der Waals surface area contributed by atoms with Crippen molar-refractivity contribution in [2.75, 3.05) is 12.8 Å². The van der Waals surface area contributed by atoms with Crippen LogP contribution in [-0.2, 0) is 16.4 Å². The molecule has 0 aromatic heterocycles. The number of thioether (sulfide) groups is 1. The van der Waals surface area contributed by atoms with Gasteiger partial charge in [0, 0.05) is 16.5 Å². The largest absolute Gasteiger partial charge is 0.241 e. The van der Waals surface area contributed by atoms with E-state index in [0.717, 1.165) is 5.56 Å². The van der Waals surface area contributed by atoms with Crippen molar-refractivity contribution in [1.29, 1.82) is 0 Å². The molecule has 0 fully saturated rings. The van der Waals surface area contributed by atoms with Crippen LogP contribution in [0.25, 0.3) is 0 Å². The highest BCUT2D eigenvalue weighted by atomic mass is 35.5. The third-order valence-corrected chi connectivity index (χ3v) is 5.62. The molecule has 0 bridgehead atoms. The van der Waals surface area contributed by atoms with E-state index in [1.54, 1.807) is 12.1 Å². The van der Waals surface area contributed by atoms with Gasteiger partial charge in [-0.3, -0.25) is 0 Å². The van der Waals surface area contributed by atoms with Crippen LogP contribution in [0.1, 0.15) is 5.56 Å². The summed E-state index contributed by atoms with van der Waals surface area (Å²) < 4.78 is 27.4. The van der Waals surface area contributed by atoms with Gasteiger partial charge in [-0.1, -0.05) is 41.9 Å². The van der Waals surface area contributed by atoms with Crippen molar-refractivity contribution < 1.29 is 8.42 Å². The highest BCUT2D eigenvalue weighted by Crippen LogP contribution is 2.27. The molecule has 112 valence electrons. The zero-order valence-corrected chi connectivity index (χ0v) is 13.9. The molecule has 0 heterocycles. The summed E-state index contributed by atoms with van der Waals surface area (Å²) in [4.78, 5) is 0.919. The van der Waals surface area contributed by atoms with Crippen molar-refractivity contribution in [2.45, 2.75) is 16.2 Å². The molecule has 0 spiro atoms. The van der Waals surface area contributed by atoms with Gasteiger partial charge in [-0.05, 0) is 36.4 Å². The van der Waals surface area contributed by atoms with Crippen molar-refractivity contribution in [3.63, 3.8) is 0 Å². The fraction of sp³-hybridized carbons (Fsp3) is 0.200. The molecule has 0 saturated heterocycles. The molecule has 0 saturated carbocycles. The lowest BCUT2D eigenvalue weighted by atomic mass is 10.2. The molecule has 0 aliphatic rings. The van der Waals surface area contributed by atoms with E-state index in [4.69, 9.17) is 11.6 Å². The zero-order valence-electron chi connectivity index (χ0n) is 11.5. The molecule has 2 aromatic rings. The SMILES string of the molecule is CSc1ccc(Cl)cc1S(=O)(=O)NCCc1ccccc1. The summed E-state index contributed by atoms with van der Waals surface area (Å²) >= 11 is 7.29. The monoisotopic (exact) mass is 341 g/mol. The van der Waals surface area contributed by atoms with Crippen LogP contribution in [0, 0.1) is 0 Å². The number of nitrogens with one attached hydrogen (secondary N) is 1. The maximum absolute atomic E-state index is 12.4. The van der Waals surface area contributed by atoms with Crippen LogP contribution in [0.2, 0.25) is 5.02 Å². The van der Waals surface area contributed by atoms with Gasteiger partial charge in [-0.2, -0.15) is 0 Å². The number of hydrogen-bond acceptors (Lipinski definition) is 3. The first-order valence-corrected chi connectivity index (χ1v) is 9.48. The maximum Gasteiger partial charge on any atom is 0.241 e. The van der Waals surface area contributed by atoms with Crippen LogP contribution in [0.3, 0.4) is 0 Å². The molecule has 0 aliphatic carbocycles. The summed E-state index contributed by atoms with van der Waals surface area (Å²) in [7, 11) is -3.55. The van der Waals surface area contributed by atoms with E-state index < -0.39 is 10.0 Å². The second-order valence-corrected chi connectivity index (χ2v) is 7.45. The lowest BCUT2D eigenvalue weighted by molar-refractivity contribution is 0.579. The first-order valence-electron chi connectivity index (χ1n) is 6.40. The first-order chi connectivity index (χ1) is 10.0. The van der Waals surface area contributed by atoms with Gasteiger partial charge >= 0.3 is 0 Å². The number of rotatable bonds is 6. The molecule has 0 radical (unpaired) electrons. The summed E-state index contributed by atoms with van der Waals surface area (Å²) in [6.07, 6.45) is 2.49. The highest BCUT2D eigenvalue weighted by molar-refractivity contribution is 7.99. The molecule has 6 heteroatoms. The van der Waals surface area contributed by atoms with E-state index in [1.165, 1.54) is 17.8 Å². The second kappa shape index (κ2) is 7.31. The van der Waals surface area contributed by atoms with Crippen LogP contribution in [0.5, 0.6) is 0 Å². The van der Waals surface area contributed by atoms with Gasteiger partial charge in [0.25, 0.3) is 0 Å². The molecule has 2 aromatic carbocycles. The maximum atomic E-state index is 12.4. The van der Waals surface area contributed by atoms with E-state index >= 15 is 0 Å². The highest BCUT2D eigenvalue weighted by Gasteiger charge is 2.18. The number of hydrogen-bond donors (Lipinski definition) is 1. The van der Waals surface area contributed by atoms with Gasteiger partial charge in [0.05, 0.1) is 4.90 Å². The predicted octanol–water partition coefficient (Wildman–Crippen LogP) is 3.58. The zero-order chi connectivity index (χ0) is 15.3. The summed E-state index contributed by atoms with van der Waals surface area (Å²) in [6, 6.07) is 14.7. The minimum absolute atomic E-state index is 0.232. The second-order valence-electron chi connectivity index (χ2n) is 4.43. The summed E-state index contributed by atoms with van der Waals surface area (Å²) in [5.74, 6) is 0. The molecule has 0 atom stereocenters. The van der Waals surface area contributed by atoms with Gasteiger partial charge in [-0.25, -0.2) is 13.1 Å². The molecule has 0 unspecified atom stereocenters. The third-order valence-electron chi connectivity index (χ3n) is 2.96. The Hall–Kier alpha value is -1.01. The van der Waals surface area contributed by atoms with E-state index in [2.05, 4.69) is 4.72 Å². The van der Waals surface area contributed by atoms with Crippen LogP contribution in [0.15, 0.2) is 58.3 Å². The quantitative estimate of drug-likeness (QED) is 0.817. The van der Waals surface area contributed by atoms with Crippen LogP contribution < -0.4 is 4.72 Å². The van der Waals surface area contributed by atoms with Crippen LogP contribution in [0.4, 0.5) is 0 Å². The average molecular weight is 342 g/mol. The Bertz CT molecular complexity index is 703. The summed E-state index contributed by atoms with van der Waals surface area (Å²) in [5.41, 5.74) is 1.09. The van der Waals surface area contributed by atoms with Gasteiger partial charge in [-0.15, -0.1) is 11.8 Å². The number of benzene rings is 2. The smallest absolute Gasteiger partial charge is 0.211 e. The Kier molecular flexibility index (Phi) is 5.70. The minimum Gasteiger partial charge on any atom is -0.211 e. The Morgan fingerprint density at radius 2 is 1.86 bits per heavy atom. The summed E-state index contributed by atoms with van der Waals surface area (Å²) in [6.45, 7) is 0.354. The van der Waals surface area contributed by atoms with Gasteiger partial charge in [0.1, 0.15) is 0 Å². The van der Waals surface area contributed by atoms with Crippen molar-refractivity contribution in [3.05, 3.63) is 59.1 Å². The van der Waals surface area contributed by atoms with Crippen LogP contribution in [-0.4, -0.2) is 21.2 Å². The lowest BCUT2D eigenvalue weighted by Crippen LogP contribution is -2.26. The molecule has 2 rings (SSSR count). The van der Waals surface area contributed by atoms with Crippen LogP contribution >= 0.6 is 23.4 Å². The number of halogens is 1. The van der Waals surface area contributed by atoms with E-state index in [9.17, 15) is 8.42 Å². The van der Waals surface area contributed by atoms with E-state index in [0.29, 0.717) is 22.9 Å². The van der Waals surface area contributed by atoms with E-state index in [-0.39, 0.29) is 4.90 Å². The lowest BCUT2D eigenvalue weighted by Gasteiger charge is -2.10. The molecule has 0 aliphatic heterocycles. The molecular formula is C15H16ClNO2S2. The Labute approximate surface area is 134 Å². The Balaban J connectivity index is 2.10. The molecule has 1 N–H and O–H groups in total. The number of sulfonamides is 1. The van der Waals surface area contributed by atoms with Crippen molar-refractivity contribution in [3.8, 4) is 0 Å². The minimum atomic E-state index is -3.55. The standard InChI is InChI=1S/C15H16ClNO2S2/c1-20-14-8-7-13(16)11-15(14)21(18,19)17-10-9-12-5-3-2-4-6-12/h2-8,11,17H,9-10H2,1H3. The fourth-order valence-corrected chi connectivity index (χ4v) is 4.33. The fourth-order valence-electron chi connectivity index (χ4n) is 1.91. The summed E-state index contributed by atoms with van der Waals surface area (Å²) in [5, 5.41) is 0.413. The van der Waals surface area contributed by atoms with Gasteiger partial charge in [0.15, 0.2) is 0 Å². The van der Waals surface area contributed by atoms with Crippen molar-refractivity contribution in [1.82, 2.24) is 4.72 Å². The topological polar surface area (TPSA) is 46.2 Å². The Morgan fingerprint density at radius 1 is 1.14 bits per heavy atom. The van der Waals surface area contributed by atoms with Crippen molar-refractivity contribution >= 4 is 33.4 Å². The first kappa shape index (κ1) is 16.4. The van der Waals surface area contributed by atoms with Gasteiger partial charge < -0.3 is 0 Å². The van der Waals surface area contributed by atoms with Gasteiger partial charge in [0.2, 0.25) is 10.0 Å². The molecule has 0 amide bonds. The molecular weight excluding hydrogens is 326 g/mol. The average Bonchev–Trinajstić information content (AvgIpc) is 2.48. The molecule has 21 heavy (non-hydrogen) atoms. The van der Waals surface area contributed by atoms with Crippen molar-refractivity contribution in [2.24, 2.45) is 0 Å². The van der Waals surface area contributed by atoms with E-state index in [1.807, 2.05) is 36.6 Å².